The average Bonchev–Trinajstić information content (AvgIpc) is 3.14. The molecule has 110 valence electrons. The lowest BCUT2D eigenvalue weighted by Gasteiger charge is -2.28. The van der Waals surface area contributed by atoms with Crippen LogP contribution in [0.15, 0.2) is 0 Å². The van der Waals surface area contributed by atoms with Gasteiger partial charge < -0.3 is 5.32 Å². The first-order chi connectivity index (χ1) is 9.54. The van der Waals surface area contributed by atoms with E-state index in [2.05, 4.69) is 27.4 Å². The molecular formula is C15H24N4O. The number of rotatable bonds is 4. The molecule has 4 unspecified atom stereocenters. The second-order valence-electron chi connectivity index (χ2n) is 6.80. The number of nitrogens with zero attached hydrogens (tertiary/aromatic N) is 2. The van der Waals surface area contributed by atoms with Gasteiger partial charge in [0.05, 0.1) is 0 Å². The van der Waals surface area contributed by atoms with Crippen molar-refractivity contribution in [3.8, 4) is 0 Å². The van der Waals surface area contributed by atoms with Gasteiger partial charge in [0.25, 0.3) is 5.91 Å². The number of hydrogen-bond donors (Lipinski definition) is 2. The molecule has 5 nitrogen and oxygen atoms in total. The van der Waals surface area contributed by atoms with E-state index in [0.29, 0.717) is 5.92 Å². The Kier molecular flexibility index (Phi) is 3.52. The van der Waals surface area contributed by atoms with Gasteiger partial charge in [-0.2, -0.15) is 0 Å². The summed E-state index contributed by atoms with van der Waals surface area (Å²) in [5, 5.41) is 9.94. The van der Waals surface area contributed by atoms with Gasteiger partial charge in [-0.1, -0.05) is 20.3 Å². The molecule has 0 saturated heterocycles. The minimum absolute atomic E-state index is 0.150. The highest BCUT2D eigenvalue weighted by atomic mass is 16.2. The molecule has 5 heteroatoms. The number of amides is 1. The van der Waals surface area contributed by atoms with Crippen LogP contribution in [0, 0.1) is 17.8 Å². The van der Waals surface area contributed by atoms with Crippen LogP contribution in [0.2, 0.25) is 0 Å². The molecule has 2 saturated carbocycles. The van der Waals surface area contributed by atoms with E-state index >= 15 is 0 Å². The lowest BCUT2D eigenvalue weighted by molar-refractivity contribution is 0.0905. The van der Waals surface area contributed by atoms with Gasteiger partial charge in [0.1, 0.15) is 5.82 Å². The summed E-state index contributed by atoms with van der Waals surface area (Å²) in [6.45, 7) is 6.18. The van der Waals surface area contributed by atoms with Crippen LogP contribution in [0.4, 0.5) is 0 Å². The first kappa shape index (κ1) is 13.6. The van der Waals surface area contributed by atoms with E-state index in [9.17, 15) is 4.79 Å². The van der Waals surface area contributed by atoms with E-state index in [0.717, 1.165) is 17.7 Å². The van der Waals surface area contributed by atoms with E-state index in [-0.39, 0.29) is 23.7 Å². The van der Waals surface area contributed by atoms with Crippen LogP contribution in [-0.4, -0.2) is 27.1 Å². The Bertz CT molecular complexity index is 496. The highest BCUT2D eigenvalue weighted by molar-refractivity contribution is 5.90. The first-order valence-electron chi connectivity index (χ1n) is 7.77. The van der Waals surface area contributed by atoms with Crippen LogP contribution in [0.1, 0.15) is 68.8 Å². The molecule has 1 heterocycles. The van der Waals surface area contributed by atoms with Crippen molar-refractivity contribution in [1.82, 2.24) is 20.5 Å². The summed E-state index contributed by atoms with van der Waals surface area (Å²) in [6.07, 6.45) is 5.37. The first-order valence-corrected chi connectivity index (χ1v) is 7.77. The molecular weight excluding hydrogens is 252 g/mol. The van der Waals surface area contributed by atoms with Crippen molar-refractivity contribution in [2.45, 2.75) is 58.4 Å². The van der Waals surface area contributed by atoms with E-state index in [1.54, 1.807) is 0 Å². The fourth-order valence-corrected chi connectivity index (χ4v) is 3.92. The maximum absolute atomic E-state index is 12.2. The molecule has 1 amide bonds. The zero-order valence-electron chi connectivity index (χ0n) is 12.5. The molecule has 20 heavy (non-hydrogen) atoms. The third kappa shape index (κ3) is 2.45. The molecule has 2 bridgehead atoms. The van der Waals surface area contributed by atoms with Gasteiger partial charge in [-0.15, -0.1) is 5.10 Å². The fourth-order valence-electron chi connectivity index (χ4n) is 3.92. The monoisotopic (exact) mass is 276 g/mol. The molecule has 0 spiro atoms. The van der Waals surface area contributed by atoms with Gasteiger partial charge in [-0.25, -0.2) is 4.98 Å². The lowest BCUT2D eigenvalue weighted by Crippen LogP contribution is -2.40. The van der Waals surface area contributed by atoms with Crippen molar-refractivity contribution in [3.63, 3.8) is 0 Å². The zero-order valence-corrected chi connectivity index (χ0v) is 12.5. The van der Waals surface area contributed by atoms with Crippen LogP contribution < -0.4 is 5.32 Å². The minimum atomic E-state index is -0.150. The van der Waals surface area contributed by atoms with Crippen molar-refractivity contribution in [3.05, 3.63) is 11.6 Å². The van der Waals surface area contributed by atoms with Gasteiger partial charge >= 0.3 is 0 Å². The lowest BCUT2D eigenvalue weighted by atomic mass is 9.84. The summed E-state index contributed by atoms with van der Waals surface area (Å²) in [6, 6.07) is 0.221. The van der Waals surface area contributed by atoms with Crippen LogP contribution in [0.3, 0.4) is 0 Å². The topological polar surface area (TPSA) is 70.7 Å². The molecule has 0 aromatic carbocycles. The molecule has 3 rings (SSSR count). The largest absolute Gasteiger partial charge is 0.347 e. The summed E-state index contributed by atoms with van der Waals surface area (Å²) in [5.41, 5.74) is 0. The van der Waals surface area contributed by atoms with Crippen molar-refractivity contribution in [1.29, 1.82) is 0 Å². The van der Waals surface area contributed by atoms with Gasteiger partial charge in [-0.3, -0.25) is 9.89 Å². The molecule has 0 radical (unpaired) electrons. The third-order valence-corrected chi connectivity index (χ3v) is 5.05. The van der Waals surface area contributed by atoms with Crippen LogP contribution in [-0.2, 0) is 0 Å². The summed E-state index contributed by atoms with van der Waals surface area (Å²) in [4.78, 5) is 16.5. The number of fused-ring (bicyclic) bond motifs is 2. The number of aromatic nitrogens is 3. The Labute approximate surface area is 119 Å². The highest BCUT2D eigenvalue weighted by Crippen LogP contribution is 2.49. The second-order valence-corrected chi connectivity index (χ2v) is 6.80. The molecule has 2 aliphatic carbocycles. The second kappa shape index (κ2) is 5.19. The smallest absolute Gasteiger partial charge is 0.291 e. The van der Waals surface area contributed by atoms with Gasteiger partial charge in [-0.05, 0) is 43.9 Å². The Balaban J connectivity index is 1.60. The van der Waals surface area contributed by atoms with Crippen LogP contribution >= 0.6 is 0 Å². The zero-order chi connectivity index (χ0) is 14.3. The molecule has 1 aromatic heterocycles. The van der Waals surface area contributed by atoms with E-state index < -0.39 is 0 Å². The SMILES string of the molecule is CC(C)c1nc(C(=O)NC(C)C2CC3CCC2C3)n[nH]1. The molecule has 4 atom stereocenters. The van der Waals surface area contributed by atoms with Gasteiger partial charge in [0, 0.05) is 12.0 Å². The number of hydrogen-bond acceptors (Lipinski definition) is 3. The van der Waals surface area contributed by atoms with E-state index in [1.807, 2.05) is 13.8 Å². The van der Waals surface area contributed by atoms with E-state index in [1.165, 1.54) is 25.7 Å². The predicted octanol–water partition coefficient (Wildman–Crippen LogP) is 2.48. The number of carbonyl (C=O) groups excluding carboxylic acids is 1. The third-order valence-electron chi connectivity index (χ3n) is 5.05. The maximum atomic E-state index is 12.2. The Morgan fingerprint density at radius 1 is 1.30 bits per heavy atom. The number of carbonyl (C=O) groups is 1. The molecule has 1 aromatic rings. The van der Waals surface area contributed by atoms with E-state index in [4.69, 9.17) is 0 Å². The fraction of sp³-hybridized carbons (Fsp3) is 0.800. The average molecular weight is 276 g/mol. The quantitative estimate of drug-likeness (QED) is 0.887. The van der Waals surface area contributed by atoms with Crippen molar-refractivity contribution >= 4 is 5.91 Å². The predicted molar refractivity (Wildman–Crippen MR) is 76.3 cm³/mol. The number of nitrogens with one attached hydrogen (secondary N) is 2. The van der Waals surface area contributed by atoms with Crippen molar-refractivity contribution in [2.75, 3.05) is 0 Å². The normalized spacial score (nSPS) is 29.9. The van der Waals surface area contributed by atoms with Crippen molar-refractivity contribution < 1.29 is 4.79 Å². The van der Waals surface area contributed by atoms with Gasteiger partial charge in [0.2, 0.25) is 5.82 Å². The summed E-state index contributed by atoms with van der Waals surface area (Å²) < 4.78 is 0. The Morgan fingerprint density at radius 3 is 2.65 bits per heavy atom. The van der Waals surface area contributed by atoms with Crippen LogP contribution in [0.5, 0.6) is 0 Å². The molecule has 2 N–H and O–H groups in total. The number of aromatic amines is 1. The Hall–Kier alpha value is -1.39. The summed E-state index contributed by atoms with van der Waals surface area (Å²) in [5.74, 6) is 3.50. The molecule has 2 fully saturated rings. The van der Waals surface area contributed by atoms with Crippen molar-refractivity contribution in [2.24, 2.45) is 17.8 Å². The Morgan fingerprint density at radius 2 is 2.10 bits per heavy atom. The van der Waals surface area contributed by atoms with Crippen LogP contribution in [0.25, 0.3) is 0 Å². The minimum Gasteiger partial charge on any atom is -0.347 e. The summed E-state index contributed by atoms with van der Waals surface area (Å²) in [7, 11) is 0. The molecule has 2 aliphatic rings. The number of H-pyrrole nitrogens is 1. The molecule has 0 aliphatic heterocycles. The maximum Gasteiger partial charge on any atom is 0.291 e. The summed E-state index contributed by atoms with van der Waals surface area (Å²) >= 11 is 0. The highest BCUT2D eigenvalue weighted by Gasteiger charge is 2.42. The standard InChI is InChI=1S/C15H24N4O/c1-8(2)13-17-14(19-18-13)15(20)16-9(3)12-7-10-4-5-11(12)6-10/h8-12H,4-7H2,1-3H3,(H,16,20)(H,17,18,19). The van der Waals surface area contributed by atoms with Gasteiger partial charge in [0.15, 0.2) is 0 Å².